The van der Waals surface area contributed by atoms with E-state index >= 15 is 0 Å². The van der Waals surface area contributed by atoms with Gasteiger partial charge in [-0.15, -0.1) is 0 Å². The minimum Gasteiger partial charge on any atom is -0.454 e. The third kappa shape index (κ3) is 3.89. The van der Waals surface area contributed by atoms with Crippen molar-refractivity contribution >= 4 is 49.8 Å². The van der Waals surface area contributed by atoms with Gasteiger partial charge in [-0.3, -0.25) is 0 Å². The predicted octanol–water partition coefficient (Wildman–Crippen LogP) is 12.2. The van der Waals surface area contributed by atoms with E-state index in [4.69, 9.17) is 4.42 Å². The number of fused-ring (bicyclic) bond motifs is 8. The SMILES string of the molecule is CC1(C)c2ccccc2-c2cc(N(c3ccc(-c4ccccc4)cc3)c3cc4ccccc4c4c3oc3ccccc34)ccc21. The van der Waals surface area contributed by atoms with E-state index in [0.29, 0.717) is 0 Å². The number of furan rings is 1. The summed E-state index contributed by atoms with van der Waals surface area (Å²) < 4.78 is 6.75. The minimum absolute atomic E-state index is 0.0540. The average Bonchev–Trinajstić information content (AvgIpc) is 3.59. The molecule has 0 aliphatic heterocycles. The van der Waals surface area contributed by atoms with Crippen LogP contribution in [0.2, 0.25) is 0 Å². The van der Waals surface area contributed by atoms with Gasteiger partial charge in [0.05, 0.1) is 5.69 Å². The largest absolute Gasteiger partial charge is 0.454 e. The van der Waals surface area contributed by atoms with Crippen molar-refractivity contribution in [2.45, 2.75) is 19.3 Å². The van der Waals surface area contributed by atoms with E-state index < -0.39 is 0 Å². The zero-order valence-electron chi connectivity index (χ0n) is 25.3. The molecule has 8 aromatic rings. The van der Waals surface area contributed by atoms with Gasteiger partial charge in [0.1, 0.15) is 5.58 Å². The zero-order valence-corrected chi connectivity index (χ0v) is 25.3. The molecule has 2 nitrogen and oxygen atoms in total. The Labute approximate surface area is 262 Å². The molecule has 0 radical (unpaired) electrons. The van der Waals surface area contributed by atoms with E-state index in [0.717, 1.165) is 39.0 Å². The quantitative estimate of drug-likeness (QED) is 0.207. The number of rotatable bonds is 4. The molecule has 0 bridgehead atoms. The molecule has 9 rings (SSSR count). The molecule has 0 fully saturated rings. The Morgan fingerprint density at radius 1 is 0.511 bits per heavy atom. The Morgan fingerprint density at radius 3 is 2.00 bits per heavy atom. The van der Waals surface area contributed by atoms with E-state index in [1.165, 1.54) is 44.2 Å². The van der Waals surface area contributed by atoms with Gasteiger partial charge in [0.2, 0.25) is 0 Å². The van der Waals surface area contributed by atoms with Crippen LogP contribution in [0.25, 0.3) is 55.0 Å². The molecule has 0 N–H and O–H groups in total. The summed E-state index contributed by atoms with van der Waals surface area (Å²) in [6.45, 7) is 4.66. The van der Waals surface area contributed by atoms with Crippen LogP contribution in [-0.4, -0.2) is 0 Å². The summed E-state index contributed by atoms with van der Waals surface area (Å²) in [5.41, 5.74) is 12.7. The lowest BCUT2D eigenvalue weighted by molar-refractivity contribution is 0.660. The first-order valence-electron chi connectivity index (χ1n) is 15.6. The van der Waals surface area contributed by atoms with Crippen LogP contribution < -0.4 is 4.90 Å². The second-order valence-corrected chi connectivity index (χ2v) is 12.6. The summed E-state index contributed by atoms with van der Waals surface area (Å²) in [6, 6.07) is 54.6. The number of anilines is 3. The van der Waals surface area contributed by atoms with E-state index in [2.05, 4.69) is 164 Å². The van der Waals surface area contributed by atoms with Crippen LogP contribution in [0, 0.1) is 0 Å². The van der Waals surface area contributed by atoms with Gasteiger partial charge in [0.15, 0.2) is 5.58 Å². The molecule has 0 spiro atoms. The maximum atomic E-state index is 6.75. The molecule has 45 heavy (non-hydrogen) atoms. The van der Waals surface area contributed by atoms with Crippen molar-refractivity contribution in [1.29, 1.82) is 0 Å². The molecule has 1 aliphatic rings. The third-order valence-corrected chi connectivity index (χ3v) is 9.65. The summed E-state index contributed by atoms with van der Waals surface area (Å²) in [6.07, 6.45) is 0. The van der Waals surface area contributed by atoms with E-state index in [1.807, 2.05) is 6.07 Å². The van der Waals surface area contributed by atoms with Gasteiger partial charge < -0.3 is 9.32 Å². The highest BCUT2D eigenvalue weighted by Crippen LogP contribution is 2.52. The molecule has 0 amide bonds. The van der Waals surface area contributed by atoms with Crippen molar-refractivity contribution in [2.75, 3.05) is 4.90 Å². The number of hydrogen-bond acceptors (Lipinski definition) is 2. The Bertz CT molecular complexity index is 2400. The van der Waals surface area contributed by atoms with E-state index in [1.54, 1.807) is 0 Å². The van der Waals surface area contributed by atoms with Crippen molar-refractivity contribution in [2.24, 2.45) is 0 Å². The number of benzene rings is 7. The van der Waals surface area contributed by atoms with Crippen LogP contribution in [0.3, 0.4) is 0 Å². The molecule has 1 heterocycles. The summed E-state index contributed by atoms with van der Waals surface area (Å²) in [7, 11) is 0. The fourth-order valence-electron chi connectivity index (χ4n) is 7.43. The Hall–Kier alpha value is -5.60. The highest BCUT2D eigenvalue weighted by molar-refractivity contribution is 6.23. The lowest BCUT2D eigenvalue weighted by Gasteiger charge is -2.27. The zero-order chi connectivity index (χ0) is 30.1. The van der Waals surface area contributed by atoms with E-state index in [-0.39, 0.29) is 5.41 Å². The van der Waals surface area contributed by atoms with Crippen LogP contribution in [-0.2, 0) is 5.41 Å². The molecular formula is C43H31NO. The number of para-hydroxylation sites is 1. The van der Waals surface area contributed by atoms with Gasteiger partial charge in [-0.25, -0.2) is 0 Å². The molecule has 2 heteroatoms. The lowest BCUT2D eigenvalue weighted by Crippen LogP contribution is -2.15. The standard InChI is InChI=1S/C43H31NO/c1-43(2)37-18-10-8-16-34(37)36-27-32(24-25-38(36)43)44(31-22-20-29(21-23-31)28-12-4-3-5-13-28)39-26-30-14-6-7-15-33(30)41-35-17-9-11-19-40(35)45-42(39)41/h3-27H,1-2H3. The maximum Gasteiger partial charge on any atom is 0.160 e. The fourth-order valence-corrected chi connectivity index (χ4v) is 7.43. The van der Waals surface area contributed by atoms with Gasteiger partial charge in [-0.1, -0.05) is 129 Å². The van der Waals surface area contributed by atoms with Crippen LogP contribution >= 0.6 is 0 Å². The summed E-state index contributed by atoms with van der Waals surface area (Å²) in [5.74, 6) is 0. The second kappa shape index (κ2) is 9.70. The fraction of sp³-hybridized carbons (Fsp3) is 0.0698. The minimum atomic E-state index is -0.0540. The highest BCUT2D eigenvalue weighted by Gasteiger charge is 2.35. The van der Waals surface area contributed by atoms with Crippen molar-refractivity contribution < 1.29 is 4.42 Å². The van der Waals surface area contributed by atoms with E-state index in [9.17, 15) is 0 Å². The highest BCUT2D eigenvalue weighted by atomic mass is 16.3. The molecule has 7 aromatic carbocycles. The summed E-state index contributed by atoms with van der Waals surface area (Å²) in [4.78, 5) is 2.38. The molecule has 1 aliphatic carbocycles. The molecule has 1 aromatic heterocycles. The van der Waals surface area contributed by atoms with Gasteiger partial charge in [0.25, 0.3) is 0 Å². The summed E-state index contributed by atoms with van der Waals surface area (Å²) in [5, 5.41) is 4.67. The smallest absolute Gasteiger partial charge is 0.160 e. The Morgan fingerprint density at radius 2 is 1.16 bits per heavy atom. The molecule has 0 unspecified atom stereocenters. The third-order valence-electron chi connectivity index (χ3n) is 9.65. The molecule has 0 saturated heterocycles. The normalized spacial score (nSPS) is 13.3. The topological polar surface area (TPSA) is 16.4 Å². The van der Waals surface area contributed by atoms with Crippen LogP contribution in [0.5, 0.6) is 0 Å². The molecule has 0 saturated carbocycles. The van der Waals surface area contributed by atoms with Crippen LogP contribution in [0.1, 0.15) is 25.0 Å². The Kier molecular flexibility index (Phi) is 5.58. The summed E-state index contributed by atoms with van der Waals surface area (Å²) >= 11 is 0. The monoisotopic (exact) mass is 577 g/mol. The van der Waals surface area contributed by atoms with Gasteiger partial charge >= 0.3 is 0 Å². The molecule has 214 valence electrons. The lowest BCUT2D eigenvalue weighted by atomic mass is 9.82. The molecular weight excluding hydrogens is 546 g/mol. The average molecular weight is 578 g/mol. The maximum absolute atomic E-state index is 6.75. The first kappa shape index (κ1) is 25.9. The Balaban J connectivity index is 1.33. The first-order chi connectivity index (χ1) is 22.1. The van der Waals surface area contributed by atoms with Crippen LogP contribution in [0.15, 0.2) is 156 Å². The molecule has 0 atom stereocenters. The van der Waals surface area contributed by atoms with Gasteiger partial charge in [0, 0.05) is 27.6 Å². The second-order valence-electron chi connectivity index (χ2n) is 12.6. The number of nitrogens with zero attached hydrogens (tertiary/aromatic N) is 1. The van der Waals surface area contributed by atoms with Gasteiger partial charge in [-0.05, 0) is 80.6 Å². The van der Waals surface area contributed by atoms with Crippen molar-refractivity contribution in [3.63, 3.8) is 0 Å². The first-order valence-corrected chi connectivity index (χ1v) is 15.6. The van der Waals surface area contributed by atoms with Crippen LogP contribution in [0.4, 0.5) is 17.1 Å². The predicted molar refractivity (Wildman–Crippen MR) is 189 cm³/mol. The van der Waals surface area contributed by atoms with Crippen molar-refractivity contribution in [1.82, 2.24) is 0 Å². The van der Waals surface area contributed by atoms with Gasteiger partial charge in [-0.2, -0.15) is 0 Å². The van der Waals surface area contributed by atoms with Crippen molar-refractivity contribution in [3.05, 3.63) is 163 Å². The van der Waals surface area contributed by atoms with Crippen molar-refractivity contribution in [3.8, 4) is 22.3 Å². The number of hydrogen-bond donors (Lipinski definition) is 0.